The summed E-state index contributed by atoms with van der Waals surface area (Å²) < 4.78 is 11.5. The van der Waals surface area contributed by atoms with E-state index in [9.17, 15) is 4.79 Å². The van der Waals surface area contributed by atoms with Crippen molar-refractivity contribution in [2.45, 2.75) is 19.8 Å². The number of carbonyl (C=O) groups excluding carboxylic acids is 1. The second-order valence-electron chi connectivity index (χ2n) is 4.83. The van der Waals surface area contributed by atoms with E-state index in [1.165, 1.54) is 13.4 Å². The third-order valence-electron chi connectivity index (χ3n) is 3.18. The van der Waals surface area contributed by atoms with Gasteiger partial charge in [0, 0.05) is 18.8 Å². The minimum atomic E-state index is -0.491. The molecule has 3 rings (SSSR count). The van der Waals surface area contributed by atoms with E-state index < -0.39 is 5.97 Å². The maximum absolute atomic E-state index is 11.4. The van der Waals surface area contributed by atoms with Crippen molar-refractivity contribution >= 4 is 5.97 Å². The molecule has 0 amide bonds. The molecule has 118 valence electrons. The molecule has 0 bridgehead atoms. The molecule has 8 nitrogen and oxygen atoms in total. The van der Waals surface area contributed by atoms with E-state index in [0.717, 1.165) is 18.4 Å². The molecule has 0 radical (unpaired) electrons. The minimum Gasteiger partial charge on any atom is -0.464 e. The van der Waals surface area contributed by atoms with E-state index in [-0.39, 0.29) is 5.69 Å². The van der Waals surface area contributed by atoms with Crippen LogP contribution < -0.4 is 0 Å². The maximum atomic E-state index is 11.4. The predicted molar refractivity (Wildman–Crippen MR) is 80.0 cm³/mol. The maximum Gasteiger partial charge on any atom is 0.358 e. The summed E-state index contributed by atoms with van der Waals surface area (Å²) in [4.78, 5) is 24.0. The summed E-state index contributed by atoms with van der Waals surface area (Å²) in [6, 6.07) is 3.60. The van der Waals surface area contributed by atoms with Gasteiger partial charge >= 0.3 is 5.97 Å². The summed E-state index contributed by atoms with van der Waals surface area (Å²) in [7, 11) is 1.31. The normalized spacial score (nSPS) is 10.7. The summed E-state index contributed by atoms with van der Waals surface area (Å²) in [5.74, 6) is 1.25. The number of esters is 1. The fraction of sp³-hybridized carbons (Fsp3) is 0.267. The van der Waals surface area contributed by atoms with Gasteiger partial charge in [-0.05, 0) is 18.6 Å². The van der Waals surface area contributed by atoms with E-state index in [0.29, 0.717) is 17.5 Å². The van der Waals surface area contributed by atoms with Gasteiger partial charge in [0.15, 0.2) is 11.5 Å². The standard InChI is InChI=1S/C15H15N5O3/c1-3-4-12-18-14(23-19-12)10-5-6-13(16-7-10)20-8-11(17-9-20)15(21)22-2/h5-9H,3-4H2,1-2H3. The fourth-order valence-corrected chi connectivity index (χ4v) is 2.02. The van der Waals surface area contributed by atoms with Gasteiger partial charge in [0.25, 0.3) is 5.89 Å². The first-order valence-corrected chi connectivity index (χ1v) is 7.13. The highest BCUT2D eigenvalue weighted by Gasteiger charge is 2.12. The Kier molecular flexibility index (Phi) is 4.13. The molecular formula is C15H15N5O3. The SMILES string of the molecule is CCCc1noc(-c2ccc(-n3cnc(C(=O)OC)c3)nc2)n1. The van der Waals surface area contributed by atoms with Crippen LogP contribution in [0.4, 0.5) is 0 Å². The molecule has 3 heterocycles. The van der Waals surface area contributed by atoms with Gasteiger partial charge < -0.3 is 9.26 Å². The molecule has 0 aliphatic rings. The minimum absolute atomic E-state index is 0.222. The third kappa shape index (κ3) is 3.10. The second-order valence-corrected chi connectivity index (χ2v) is 4.83. The van der Waals surface area contributed by atoms with E-state index in [1.54, 1.807) is 23.0 Å². The van der Waals surface area contributed by atoms with Crippen LogP contribution in [-0.4, -0.2) is 37.8 Å². The van der Waals surface area contributed by atoms with Crippen LogP contribution in [0.15, 0.2) is 35.4 Å². The zero-order valence-electron chi connectivity index (χ0n) is 12.8. The van der Waals surface area contributed by atoms with Crippen LogP contribution >= 0.6 is 0 Å². The molecule has 0 saturated heterocycles. The highest BCUT2D eigenvalue weighted by molar-refractivity contribution is 5.86. The highest BCUT2D eigenvalue weighted by atomic mass is 16.5. The number of aryl methyl sites for hydroxylation is 1. The number of methoxy groups -OCH3 is 1. The van der Waals surface area contributed by atoms with Crippen LogP contribution in [0.3, 0.4) is 0 Å². The van der Waals surface area contributed by atoms with Crippen LogP contribution in [0.1, 0.15) is 29.7 Å². The molecule has 0 unspecified atom stereocenters. The van der Waals surface area contributed by atoms with Gasteiger partial charge in [0.2, 0.25) is 0 Å². The monoisotopic (exact) mass is 313 g/mol. The van der Waals surface area contributed by atoms with Gasteiger partial charge in [-0.15, -0.1) is 0 Å². The lowest BCUT2D eigenvalue weighted by Crippen LogP contribution is -2.01. The number of rotatable bonds is 5. The molecule has 0 aliphatic carbocycles. The van der Waals surface area contributed by atoms with E-state index >= 15 is 0 Å². The van der Waals surface area contributed by atoms with Gasteiger partial charge in [-0.1, -0.05) is 12.1 Å². The molecule has 3 aromatic rings. The smallest absolute Gasteiger partial charge is 0.358 e. The lowest BCUT2D eigenvalue weighted by molar-refractivity contribution is 0.0594. The molecule has 0 spiro atoms. The number of nitrogens with zero attached hydrogens (tertiary/aromatic N) is 5. The van der Waals surface area contributed by atoms with Gasteiger partial charge in [0.05, 0.1) is 12.7 Å². The van der Waals surface area contributed by atoms with E-state index in [2.05, 4.69) is 31.8 Å². The first kappa shape index (κ1) is 14.9. The Morgan fingerprint density at radius 3 is 2.91 bits per heavy atom. The number of aromatic nitrogens is 5. The van der Waals surface area contributed by atoms with E-state index in [1.807, 2.05) is 6.07 Å². The van der Waals surface area contributed by atoms with Crippen molar-refractivity contribution in [1.82, 2.24) is 24.7 Å². The summed E-state index contributed by atoms with van der Waals surface area (Å²) in [5, 5.41) is 3.91. The number of hydrogen-bond acceptors (Lipinski definition) is 7. The Morgan fingerprint density at radius 2 is 2.22 bits per heavy atom. The van der Waals surface area contributed by atoms with Crippen molar-refractivity contribution in [3.63, 3.8) is 0 Å². The lowest BCUT2D eigenvalue weighted by Gasteiger charge is -2.00. The third-order valence-corrected chi connectivity index (χ3v) is 3.18. The Labute approximate surface area is 132 Å². The first-order valence-electron chi connectivity index (χ1n) is 7.13. The number of carbonyl (C=O) groups is 1. The largest absolute Gasteiger partial charge is 0.464 e. The second kappa shape index (κ2) is 6.39. The molecule has 0 fully saturated rings. The summed E-state index contributed by atoms with van der Waals surface area (Å²) in [6.07, 6.45) is 6.43. The Hall–Kier alpha value is -3.03. The van der Waals surface area contributed by atoms with Crippen LogP contribution in [0, 0.1) is 0 Å². The summed E-state index contributed by atoms with van der Waals surface area (Å²) >= 11 is 0. The van der Waals surface area contributed by atoms with Gasteiger partial charge in [-0.25, -0.2) is 14.8 Å². The molecule has 0 atom stereocenters. The number of pyridine rings is 1. The Bertz CT molecular complexity index is 807. The fourth-order valence-electron chi connectivity index (χ4n) is 2.02. The molecule has 0 saturated carbocycles. The first-order chi connectivity index (χ1) is 11.2. The molecule has 3 aromatic heterocycles. The number of imidazole rings is 1. The molecule has 0 N–H and O–H groups in total. The number of ether oxygens (including phenoxy) is 1. The highest BCUT2D eigenvalue weighted by Crippen LogP contribution is 2.18. The van der Waals surface area contributed by atoms with Crippen molar-refractivity contribution in [2.24, 2.45) is 0 Å². The molecule has 0 aliphatic heterocycles. The molecule has 23 heavy (non-hydrogen) atoms. The van der Waals surface area contributed by atoms with Gasteiger partial charge in [0.1, 0.15) is 12.1 Å². The molecular weight excluding hydrogens is 298 g/mol. The summed E-state index contributed by atoms with van der Waals surface area (Å²) in [5.41, 5.74) is 0.955. The van der Waals surface area contributed by atoms with Gasteiger partial charge in [-0.2, -0.15) is 4.98 Å². The van der Waals surface area contributed by atoms with Crippen LogP contribution in [0.5, 0.6) is 0 Å². The Morgan fingerprint density at radius 1 is 1.35 bits per heavy atom. The average Bonchev–Trinajstić information content (AvgIpc) is 3.24. The van der Waals surface area contributed by atoms with Crippen molar-refractivity contribution in [3.05, 3.63) is 42.4 Å². The van der Waals surface area contributed by atoms with Crippen molar-refractivity contribution in [1.29, 1.82) is 0 Å². The quantitative estimate of drug-likeness (QED) is 0.665. The van der Waals surface area contributed by atoms with Gasteiger partial charge in [-0.3, -0.25) is 4.57 Å². The lowest BCUT2D eigenvalue weighted by atomic mass is 10.3. The predicted octanol–water partition coefficient (Wildman–Crippen LogP) is 2.06. The van der Waals surface area contributed by atoms with Crippen molar-refractivity contribution in [2.75, 3.05) is 7.11 Å². The average molecular weight is 313 g/mol. The zero-order valence-corrected chi connectivity index (χ0v) is 12.8. The zero-order chi connectivity index (χ0) is 16.2. The van der Waals surface area contributed by atoms with Crippen LogP contribution in [-0.2, 0) is 11.2 Å². The topological polar surface area (TPSA) is 95.9 Å². The molecule has 0 aromatic carbocycles. The van der Waals surface area contributed by atoms with Crippen LogP contribution in [0.2, 0.25) is 0 Å². The van der Waals surface area contributed by atoms with E-state index in [4.69, 9.17) is 4.52 Å². The Balaban J connectivity index is 1.81. The molecule has 8 heteroatoms. The van der Waals surface area contributed by atoms with Crippen molar-refractivity contribution < 1.29 is 14.1 Å². The van der Waals surface area contributed by atoms with Crippen molar-refractivity contribution in [3.8, 4) is 17.3 Å². The van der Waals surface area contributed by atoms with Crippen LogP contribution in [0.25, 0.3) is 17.3 Å². The summed E-state index contributed by atoms with van der Waals surface area (Å²) in [6.45, 7) is 2.06. The number of hydrogen-bond donors (Lipinski definition) is 0.